The van der Waals surface area contributed by atoms with E-state index >= 15 is 0 Å². The molecule has 8 atom stereocenters. The lowest BCUT2D eigenvalue weighted by Gasteiger charge is -2.30. The monoisotopic (exact) mass is 939 g/mol. The molecule has 1 fully saturated rings. The topological polar surface area (TPSA) is 401 Å². The van der Waals surface area contributed by atoms with E-state index in [4.69, 9.17) is 24.6 Å². The number of anilines is 1. The van der Waals surface area contributed by atoms with E-state index < -0.39 is 104 Å². The number of fused-ring (bicyclic) bond motifs is 1. The number of hydrogen-bond acceptors (Lipinski definition) is 19. The summed E-state index contributed by atoms with van der Waals surface area (Å²) in [6.45, 7) is 5.89. The second-order valence-corrected chi connectivity index (χ2v) is 25.5. The first-order valence-electron chi connectivity index (χ1n) is 17.3. The fourth-order valence-electron chi connectivity index (χ4n) is 5.30. The van der Waals surface area contributed by atoms with Gasteiger partial charge in [0, 0.05) is 36.2 Å². The number of nitrogens with two attached hydrogens (primary N) is 1. The molecule has 3 rings (SSSR count). The number of aliphatic hydroxyl groups is 2. The number of carbonyl (C=O) groups excluding carboxylic acids is 3. The highest BCUT2D eigenvalue weighted by molar-refractivity contribution is 8.13. The molecular weight excluding hydrogens is 891 g/mol. The lowest BCUT2D eigenvalue weighted by Crippen LogP contribution is -2.46. The van der Waals surface area contributed by atoms with Gasteiger partial charge in [-0.05, 0) is 0 Å². The number of rotatable bonds is 23. The van der Waals surface area contributed by atoms with Crippen LogP contribution in [0, 0.1) is 5.41 Å². The Morgan fingerprint density at radius 2 is 1.68 bits per heavy atom. The van der Waals surface area contributed by atoms with Crippen LogP contribution in [0.1, 0.15) is 32.9 Å². The first kappa shape index (κ1) is 50.6. The van der Waals surface area contributed by atoms with Crippen LogP contribution in [-0.2, 0) is 55.5 Å². The summed E-state index contributed by atoms with van der Waals surface area (Å²) in [7, 11) is -18.6. The van der Waals surface area contributed by atoms with Crippen molar-refractivity contribution in [3.63, 3.8) is 0 Å². The maximum Gasteiger partial charge on any atom is 0.481 e. The number of aromatic nitrogens is 4. The molecule has 1 saturated heterocycles. The van der Waals surface area contributed by atoms with Gasteiger partial charge in [0.2, 0.25) is 11.8 Å². The minimum absolute atomic E-state index is 0.0200. The average molecular weight is 940 g/mol. The largest absolute Gasteiger partial charge is 0.481 e. The Labute approximate surface area is 341 Å². The van der Waals surface area contributed by atoms with Crippen LogP contribution in [0.15, 0.2) is 12.7 Å². The molecule has 26 nitrogen and oxygen atoms in total. The Kier molecular flexibility index (Phi) is 17.5. The van der Waals surface area contributed by atoms with E-state index in [9.17, 15) is 62.7 Å². The molecule has 59 heavy (non-hydrogen) atoms. The van der Waals surface area contributed by atoms with Crippen LogP contribution < -0.4 is 16.4 Å². The summed E-state index contributed by atoms with van der Waals surface area (Å²) >= 11 is 0.919. The number of thioether (sulfide) groups is 1. The van der Waals surface area contributed by atoms with Gasteiger partial charge in [-0.15, -0.1) is 0 Å². The summed E-state index contributed by atoms with van der Waals surface area (Å²) < 4.78 is 62.1. The van der Waals surface area contributed by atoms with Crippen molar-refractivity contribution < 1.29 is 90.4 Å². The van der Waals surface area contributed by atoms with E-state index in [1.807, 2.05) is 19.6 Å². The van der Waals surface area contributed by atoms with Gasteiger partial charge in [0.25, 0.3) is 0 Å². The van der Waals surface area contributed by atoms with Gasteiger partial charge in [0.05, 0.1) is 34.0 Å². The highest BCUT2D eigenvalue weighted by Crippen LogP contribution is 2.61. The number of phosphoric acid groups is 3. The number of aliphatic carboxylic acids is 1. The molecule has 0 spiro atoms. The molecular formula is C28H48N7O19P3SSi. The normalized spacial score (nSPS) is 21.9. The Bertz CT molecular complexity index is 1980. The number of nitrogens with zero attached hydrogens (tertiary/aromatic N) is 4. The molecule has 0 saturated carbocycles. The zero-order valence-corrected chi connectivity index (χ0v) is 36.7. The summed E-state index contributed by atoms with van der Waals surface area (Å²) in [4.78, 5) is 99.5. The Hall–Kier alpha value is -2.75. The van der Waals surface area contributed by atoms with Crippen molar-refractivity contribution in [3.8, 4) is 0 Å². The van der Waals surface area contributed by atoms with E-state index in [1.54, 1.807) is 0 Å². The van der Waals surface area contributed by atoms with Crippen molar-refractivity contribution in [2.24, 2.45) is 5.41 Å². The molecule has 11 N–H and O–H groups in total. The van der Waals surface area contributed by atoms with Crippen LogP contribution in [0.5, 0.6) is 0 Å². The van der Waals surface area contributed by atoms with Gasteiger partial charge >= 0.3 is 29.4 Å². The summed E-state index contributed by atoms with van der Waals surface area (Å²) in [6, 6.07) is 0. The van der Waals surface area contributed by atoms with Crippen LogP contribution >= 0.6 is 35.2 Å². The Morgan fingerprint density at radius 3 is 2.29 bits per heavy atom. The number of carbonyl (C=O) groups is 4. The number of nitrogens with one attached hydrogen (secondary N) is 2. The molecule has 2 aromatic heterocycles. The number of hydrogen-bond donors (Lipinski definition) is 10. The molecule has 0 radical (unpaired) electrons. The van der Waals surface area contributed by atoms with Crippen LogP contribution in [0.2, 0.25) is 25.2 Å². The van der Waals surface area contributed by atoms with Crippen LogP contribution in [0.4, 0.5) is 5.82 Å². The second kappa shape index (κ2) is 20.4. The predicted octanol–water partition coefficient (Wildman–Crippen LogP) is -0.152. The third kappa shape index (κ3) is 15.3. The SMILES string of the molecule is CC(C)(COP(=O)(O)OP(=O)(O)OCC1OC(n2cnc3c(N)ncnc32)C(O)C1OP(=O)(O)O)C(O)C(=O)NCCC(=O)NCCSC(=O)C(CC(=O)O)[Si](C)(C)C. The predicted molar refractivity (Wildman–Crippen MR) is 206 cm³/mol. The highest BCUT2D eigenvalue weighted by Gasteiger charge is 2.50. The van der Waals surface area contributed by atoms with Crippen molar-refractivity contribution >= 4 is 83.2 Å². The molecule has 334 valence electrons. The van der Waals surface area contributed by atoms with Crippen molar-refractivity contribution in [1.82, 2.24) is 30.2 Å². The molecule has 2 amide bonds. The van der Waals surface area contributed by atoms with Gasteiger partial charge in [-0.25, -0.2) is 28.6 Å². The lowest BCUT2D eigenvalue weighted by atomic mass is 9.87. The van der Waals surface area contributed by atoms with Crippen molar-refractivity contribution in [1.29, 1.82) is 0 Å². The zero-order chi connectivity index (χ0) is 44.7. The van der Waals surface area contributed by atoms with Gasteiger partial charge < -0.3 is 56.0 Å². The van der Waals surface area contributed by atoms with E-state index in [0.29, 0.717) is 0 Å². The number of imidazole rings is 1. The van der Waals surface area contributed by atoms with Crippen molar-refractivity contribution in [2.45, 2.75) is 82.5 Å². The number of nitrogen functional groups attached to an aromatic ring is 1. The van der Waals surface area contributed by atoms with E-state index in [0.717, 1.165) is 29.0 Å². The number of ether oxygens (including phenoxy) is 1. The number of aliphatic hydroxyl groups excluding tert-OH is 2. The molecule has 1 aliphatic heterocycles. The quantitative estimate of drug-likeness (QED) is 0.0393. The van der Waals surface area contributed by atoms with Gasteiger partial charge in [-0.1, -0.05) is 45.3 Å². The maximum absolute atomic E-state index is 12.7. The first-order chi connectivity index (χ1) is 27.0. The third-order valence-electron chi connectivity index (χ3n) is 8.45. The number of carboxylic acids is 1. The fourth-order valence-corrected chi connectivity index (χ4v) is 11.6. The van der Waals surface area contributed by atoms with Gasteiger partial charge in [0.1, 0.15) is 36.3 Å². The first-order valence-corrected chi connectivity index (χ1v) is 26.4. The van der Waals surface area contributed by atoms with E-state index in [1.165, 1.54) is 13.8 Å². The molecule has 8 unspecified atom stereocenters. The molecule has 1 aliphatic rings. The van der Waals surface area contributed by atoms with Gasteiger partial charge in [-0.2, -0.15) is 4.31 Å². The molecule has 3 heterocycles. The molecule has 31 heteroatoms. The summed E-state index contributed by atoms with van der Waals surface area (Å²) in [5, 5.41) is 35.2. The van der Waals surface area contributed by atoms with Crippen LogP contribution in [0.3, 0.4) is 0 Å². The summed E-state index contributed by atoms with van der Waals surface area (Å²) in [6.07, 6.45) is -7.37. The molecule has 2 aromatic rings. The molecule has 0 aliphatic carbocycles. The Balaban J connectivity index is 1.48. The van der Waals surface area contributed by atoms with Crippen LogP contribution in [0.25, 0.3) is 11.2 Å². The third-order valence-corrected chi connectivity index (χ3v) is 15.3. The second-order valence-electron chi connectivity index (χ2n) is 14.8. The van der Waals surface area contributed by atoms with Gasteiger partial charge in [-0.3, -0.25) is 37.3 Å². The minimum atomic E-state index is -5.59. The summed E-state index contributed by atoms with van der Waals surface area (Å²) in [5.41, 5.74) is 3.60. The smallest absolute Gasteiger partial charge is 0.481 e. The van der Waals surface area contributed by atoms with E-state index in [2.05, 4.69) is 34.4 Å². The van der Waals surface area contributed by atoms with Crippen molar-refractivity contribution in [3.05, 3.63) is 12.7 Å². The number of carboxylic acid groups (broad SMARTS) is 1. The Morgan fingerprint density at radius 1 is 1.03 bits per heavy atom. The zero-order valence-electron chi connectivity index (χ0n) is 32.2. The number of amides is 2. The van der Waals surface area contributed by atoms with E-state index in [-0.39, 0.29) is 53.8 Å². The fraction of sp³-hybridized carbons (Fsp3) is 0.679. The lowest BCUT2D eigenvalue weighted by molar-refractivity contribution is -0.138. The molecule has 0 aromatic carbocycles. The number of phosphoric ester groups is 3. The van der Waals surface area contributed by atoms with Crippen molar-refractivity contribution in [2.75, 3.05) is 37.8 Å². The van der Waals surface area contributed by atoms with Crippen LogP contribution in [-0.4, -0.2) is 142 Å². The minimum Gasteiger partial charge on any atom is -0.481 e. The summed E-state index contributed by atoms with van der Waals surface area (Å²) in [5.74, 6) is -2.46. The standard InChI is InChI=1S/C28H48N7O19P3SSi/c1-28(2,22(40)25(41)31-7-6-17(36)30-8-9-58-27(42)16(10-18(37)38)59(3,4)5)12-51-57(48,49)54-56(46,47)50-11-15-21(53-55(43,44)45)20(39)26(52-15)35-14-34-19-23(29)32-13-33-24(19)35/h13-16,20-22,26,39-40H,6-12H2,1-5H3,(H,30,36)(H,31,41)(H,37,38)(H,46,47)(H,48,49)(H2,29,32,33)(H2,43,44,45). The molecule has 0 bridgehead atoms. The highest BCUT2D eigenvalue weighted by atomic mass is 32.2. The maximum atomic E-state index is 12.7. The van der Waals surface area contributed by atoms with Gasteiger partial charge in [0.15, 0.2) is 22.8 Å². The average Bonchev–Trinajstić information content (AvgIpc) is 3.66.